The minimum atomic E-state index is 0.763. The van der Waals surface area contributed by atoms with E-state index < -0.39 is 0 Å². The molecule has 21 heavy (non-hydrogen) atoms. The Labute approximate surface area is 130 Å². The van der Waals surface area contributed by atoms with E-state index in [2.05, 4.69) is 30.4 Å². The predicted octanol–water partition coefficient (Wildman–Crippen LogP) is 3.36. The monoisotopic (exact) mass is 302 g/mol. The summed E-state index contributed by atoms with van der Waals surface area (Å²) in [6, 6.07) is 8.31. The molecule has 1 aromatic carbocycles. The molecule has 0 unspecified atom stereocenters. The normalized spacial score (nSPS) is 14.0. The second kappa shape index (κ2) is 7.05. The second-order valence-corrected chi connectivity index (χ2v) is 6.49. The maximum absolute atomic E-state index is 5.92. The van der Waals surface area contributed by atoms with Crippen LogP contribution in [0, 0.1) is 0 Å². The smallest absolute Gasteiger partial charge is 0.122 e. The Hall–Kier alpha value is -1.39. The highest BCUT2D eigenvalue weighted by atomic mass is 32.1. The first-order valence-electron chi connectivity index (χ1n) is 7.75. The average Bonchev–Trinajstić information content (AvgIpc) is 2.94. The van der Waals surface area contributed by atoms with Gasteiger partial charge in [0.05, 0.1) is 17.3 Å². The molecule has 1 aliphatic rings. The zero-order chi connectivity index (χ0) is 14.5. The summed E-state index contributed by atoms with van der Waals surface area (Å²) in [4.78, 5) is 6.18. The number of thiazole rings is 1. The van der Waals surface area contributed by atoms with Crippen molar-refractivity contribution in [2.45, 2.75) is 39.2 Å². The Morgan fingerprint density at radius 2 is 2.24 bits per heavy atom. The van der Waals surface area contributed by atoms with Gasteiger partial charge in [0.25, 0.3) is 0 Å². The van der Waals surface area contributed by atoms with Gasteiger partial charge in [-0.05, 0) is 24.5 Å². The highest BCUT2D eigenvalue weighted by Crippen LogP contribution is 2.23. The third-order valence-electron chi connectivity index (χ3n) is 3.79. The second-order valence-electron chi connectivity index (χ2n) is 5.32. The maximum atomic E-state index is 5.92. The zero-order valence-corrected chi connectivity index (χ0v) is 13.3. The first-order chi connectivity index (χ1) is 10.4. The molecule has 0 atom stereocenters. The number of hydrogen-bond acceptors (Lipinski definition) is 4. The van der Waals surface area contributed by atoms with E-state index in [9.17, 15) is 0 Å². The van der Waals surface area contributed by atoms with Crippen molar-refractivity contribution >= 4 is 11.3 Å². The van der Waals surface area contributed by atoms with Crippen LogP contribution in [0.1, 0.15) is 34.5 Å². The lowest BCUT2D eigenvalue weighted by atomic mass is 10.1. The van der Waals surface area contributed by atoms with Crippen molar-refractivity contribution in [2.75, 3.05) is 13.2 Å². The largest absolute Gasteiger partial charge is 0.493 e. The number of para-hydroxylation sites is 1. The molecule has 1 aromatic heterocycles. The van der Waals surface area contributed by atoms with Crippen molar-refractivity contribution in [3.8, 4) is 5.75 Å². The lowest BCUT2D eigenvalue weighted by Gasteiger charge is -2.09. The molecule has 3 rings (SSSR count). The van der Waals surface area contributed by atoms with Crippen molar-refractivity contribution in [3.63, 3.8) is 0 Å². The Balaban J connectivity index is 1.49. The van der Waals surface area contributed by atoms with Crippen LogP contribution in [0.15, 0.2) is 24.3 Å². The van der Waals surface area contributed by atoms with E-state index in [4.69, 9.17) is 9.72 Å². The van der Waals surface area contributed by atoms with Gasteiger partial charge in [0.2, 0.25) is 0 Å². The van der Waals surface area contributed by atoms with Crippen LogP contribution in [0.25, 0.3) is 0 Å². The third kappa shape index (κ3) is 3.63. The minimum absolute atomic E-state index is 0.763. The fraction of sp³-hybridized carbons (Fsp3) is 0.471. The zero-order valence-electron chi connectivity index (χ0n) is 12.5. The van der Waals surface area contributed by atoms with Crippen molar-refractivity contribution in [3.05, 3.63) is 45.4 Å². The Kier molecular flexibility index (Phi) is 4.88. The number of nitrogens with one attached hydrogen (secondary N) is 1. The molecule has 1 N–H and O–H groups in total. The molecule has 1 aliphatic heterocycles. The Morgan fingerprint density at radius 1 is 1.33 bits per heavy atom. The molecular formula is C17H22N2OS. The maximum Gasteiger partial charge on any atom is 0.122 e. The number of fused-ring (bicyclic) bond motifs is 1. The van der Waals surface area contributed by atoms with E-state index in [-0.39, 0.29) is 0 Å². The highest BCUT2D eigenvalue weighted by Gasteiger charge is 2.14. The van der Waals surface area contributed by atoms with Crippen LogP contribution in [0.5, 0.6) is 5.75 Å². The molecule has 3 nitrogen and oxygen atoms in total. The van der Waals surface area contributed by atoms with Crippen LogP contribution >= 0.6 is 11.3 Å². The number of benzene rings is 1. The summed E-state index contributed by atoms with van der Waals surface area (Å²) in [5.41, 5.74) is 2.60. The van der Waals surface area contributed by atoms with Gasteiger partial charge < -0.3 is 10.1 Å². The van der Waals surface area contributed by atoms with E-state index >= 15 is 0 Å². The standard InChI is InChI=1S/C17H22N2OS/c1-2-13-6-3-4-7-15(13)20-11-5-8-17-19-14-9-10-18-12-16(14)21-17/h3-4,6-7,18H,2,5,8-12H2,1H3. The summed E-state index contributed by atoms with van der Waals surface area (Å²) in [6.07, 6.45) is 4.14. The van der Waals surface area contributed by atoms with Crippen LogP contribution in [0.4, 0.5) is 0 Å². The van der Waals surface area contributed by atoms with Gasteiger partial charge in [-0.15, -0.1) is 11.3 Å². The van der Waals surface area contributed by atoms with E-state index in [1.807, 2.05) is 17.4 Å². The number of aryl methyl sites for hydroxylation is 2. The molecule has 112 valence electrons. The molecule has 0 radical (unpaired) electrons. The fourth-order valence-electron chi connectivity index (χ4n) is 2.63. The van der Waals surface area contributed by atoms with Gasteiger partial charge in [-0.25, -0.2) is 4.98 Å². The molecule has 4 heteroatoms. The molecule has 2 aromatic rings. The van der Waals surface area contributed by atoms with Crippen LogP contribution < -0.4 is 10.1 Å². The van der Waals surface area contributed by atoms with E-state index in [0.717, 1.165) is 51.1 Å². The highest BCUT2D eigenvalue weighted by molar-refractivity contribution is 7.11. The van der Waals surface area contributed by atoms with Gasteiger partial charge >= 0.3 is 0 Å². The van der Waals surface area contributed by atoms with Gasteiger partial charge in [-0.3, -0.25) is 0 Å². The van der Waals surface area contributed by atoms with Gasteiger partial charge in [0.1, 0.15) is 5.75 Å². The van der Waals surface area contributed by atoms with Crippen molar-refractivity contribution in [1.29, 1.82) is 0 Å². The summed E-state index contributed by atoms with van der Waals surface area (Å²) in [6.45, 7) is 4.98. The summed E-state index contributed by atoms with van der Waals surface area (Å²) >= 11 is 1.86. The molecule has 0 amide bonds. The number of aromatic nitrogens is 1. The molecular weight excluding hydrogens is 280 g/mol. The number of hydrogen-bond donors (Lipinski definition) is 1. The van der Waals surface area contributed by atoms with Crippen molar-refractivity contribution in [2.24, 2.45) is 0 Å². The minimum Gasteiger partial charge on any atom is -0.493 e. The van der Waals surface area contributed by atoms with Crippen LogP contribution in [-0.4, -0.2) is 18.1 Å². The molecule has 0 saturated heterocycles. The summed E-state index contributed by atoms with van der Waals surface area (Å²) in [5.74, 6) is 1.03. The van der Waals surface area contributed by atoms with Crippen molar-refractivity contribution < 1.29 is 4.74 Å². The van der Waals surface area contributed by atoms with Crippen LogP contribution in [-0.2, 0) is 25.8 Å². The first kappa shape index (κ1) is 14.5. The summed E-state index contributed by atoms with van der Waals surface area (Å²) < 4.78 is 5.92. The molecule has 0 spiro atoms. The van der Waals surface area contributed by atoms with Crippen LogP contribution in [0.3, 0.4) is 0 Å². The van der Waals surface area contributed by atoms with E-state index in [1.165, 1.54) is 21.1 Å². The molecule has 0 saturated carbocycles. The number of rotatable bonds is 6. The number of ether oxygens (including phenoxy) is 1. The van der Waals surface area contributed by atoms with E-state index in [0.29, 0.717) is 0 Å². The number of nitrogens with zero attached hydrogens (tertiary/aromatic N) is 1. The lowest BCUT2D eigenvalue weighted by molar-refractivity contribution is 0.308. The van der Waals surface area contributed by atoms with Crippen molar-refractivity contribution in [1.82, 2.24) is 10.3 Å². The van der Waals surface area contributed by atoms with Gasteiger partial charge in [0, 0.05) is 30.8 Å². The topological polar surface area (TPSA) is 34.1 Å². The van der Waals surface area contributed by atoms with E-state index in [1.54, 1.807) is 0 Å². The van der Waals surface area contributed by atoms with Gasteiger partial charge in [-0.2, -0.15) is 0 Å². The first-order valence-corrected chi connectivity index (χ1v) is 8.57. The quantitative estimate of drug-likeness (QED) is 0.831. The van der Waals surface area contributed by atoms with Crippen LogP contribution in [0.2, 0.25) is 0 Å². The predicted molar refractivity (Wildman–Crippen MR) is 87.2 cm³/mol. The van der Waals surface area contributed by atoms with Gasteiger partial charge in [0.15, 0.2) is 0 Å². The molecule has 2 heterocycles. The third-order valence-corrected chi connectivity index (χ3v) is 4.95. The SMILES string of the molecule is CCc1ccccc1OCCCc1nc2c(s1)CNCC2. The molecule has 0 fully saturated rings. The molecule has 0 bridgehead atoms. The average molecular weight is 302 g/mol. The molecule has 0 aliphatic carbocycles. The Morgan fingerprint density at radius 3 is 3.10 bits per heavy atom. The Bertz CT molecular complexity index is 571. The fourth-order valence-corrected chi connectivity index (χ4v) is 3.75. The summed E-state index contributed by atoms with van der Waals surface area (Å²) in [5, 5.41) is 4.66. The summed E-state index contributed by atoms with van der Waals surface area (Å²) in [7, 11) is 0. The van der Waals surface area contributed by atoms with Gasteiger partial charge in [-0.1, -0.05) is 25.1 Å². The lowest BCUT2D eigenvalue weighted by Crippen LogP contribution is -2.22.